The topological polar surface area (TPSA) is 41.6 Å². The molecule has 4 heteroatoms. The first-order chi connectivity index (χ1) is 7.02. The molecule has 4 nitrogen and oxygen atoms in total. The van der Waals surface area contributed by atoms with Crippen LogP contribution in [-0.4, -0.2) is 42.8 Å². The molecule has 0 aromatic rings. The summed E-state index contributed by atoms with van der Waals surface area (Å²) in [6.45, 7) is 11.7. The Hall–Kier alpha value is -0.870. The van der Waals surface area contributed by atoms with Gasteiger partial charge in [0.1, 0.15) is 0 Å². The van der Waals surface area contributed by atoms with Crippen LogP contribution >= 0.6 is 0 Å². The summed E-state index contributed by atoms with van der Waals surface area (Å²) in [5.74, 6) is -0.0822. The number of nitrogens with one attached hydrogen (secondary N) is 1. The molecule has 2 unspecified atom stereocenters. The molecule has 1 saturated heterocycles. The first kappa shape index (κ1) is 12.2. The Morgan fingerprint density at radius 1 is 1.67 bits per heavy atom. The zero-order chi connectivity index (χ0) is 11.4. The Bertz CT molecular complexity index is 253. The third kappa shape index (κ3) is 3.32. The van der Waals surface area contributed by atoms with Crippen molar-refractivity contribution in [2.24, 2.45) is 0 Å². The van der Waals surface area contributed by atoms with Crippen molar-refractivity contribution in [1.29, 1.82) is 0 Å². The van der Waals surface area contributed by atoms with Crippen molar-refractivity contribution < 1.29 is 9.53 Å². The summed E-state index contributed by atoms with van der Waals surface area (Å²) in [6.07, 6.45) is 0.0353. The molecule has 0 aliphatic carbocycles. The van der Waals surface area contributed by atoms with Crippen molar-refractivity contribution in [3.63, 3.8) is 0 Å². The molecule has 0 radical (unpaired) electrons. The third-order valence-corrected chi connectivity index (χ3v) is 2.64. The van der Waals surface area contributed by atoms with E-state index in [4.69, 9.17) is 4.74 Å². The van der Waals surface area contributed by atoms with Crippen LogP contribution in [0.1, 0.15) is 20.8 Å². The van der Waals surface area contributed by atoms with E-state index in [-0.39, 0.29) is 12.1 Å². The van der Waals surface area contributed by atoms with Crippen LogP contribution in [0, 0.1) is 0 Å². The number of carbonyl (C=O) groups is 1. The van der Waals surface area contributed by atoms with Gasteiger partial charge in [-0.2, -0.15) is 0 Å². The van der Waals surface area contributed by atoms with E-state index in [0.717, 1.165) is 19.8 Å². The number of hydrogen-bond donors (Lipinski definition) is 1. The Balaban J connectivity index is 2.48. The smallest absolute Gasteiger partial charge is 0.247 e. The van der Waals surface area contributed by atoms with E-state index < -0.39 is 0 Å². The standard InChI is InChI=1S/C11H20N2O2/c1-8(2)11(14)12-10(4)13-5-6-15-7-9(13)3/h9-10H,1,5-7H2,2-4H3,(H,12,14). The number of carbonyl (C=O) groups excluding carboxylic acids is 1. The molecule has 0 aromatic heterocycles. The lowest BCUT2D eigenvalue weighted by atomic mass is 10.2. The highest BCUT2D eigenvalue weighted by Crippen LogP contribution is 2.09. The molecule has 0 aromatic carbocycles. The van der Waals surface area contributed by atoms with Gasteiger partial charge < -0.3 is 10.1 Å². The normalized spacial score (nSPS) is 24.6. The molecule has 2 atom stereocenters. The van der Waals surface area contributed by atoms with Crippen molar-refractivity contribution in [1.82, 2.24) is 10.2 Å². The van der Waals surface area contributed by atoms with Crippen LogP contribution in [0.2, 0.25) is 0 Å². The maximum atomic E-state index is 11.4. The number of hydrogen-bond acceptors (Lipinski definition) is 3. The largest absolute Gasteiger partial charge is 0.379 e. The first-order valence-electron chi connectivity index (χ1n) is 5.32. The molecule has 1 amide bonds. The highest BCUT2D eigenvalue weighted by molar-refractivity contribution is 5.92. The van der Waals surface area contributed by atoms with Gasteiger partial charge in [0.25, 0.3) is 0 Å². The van der Waals surface area contributed by atoms with E-state index in [9.17, 15) is 4.79 Å². The van der Waals surface area contributed by atoms with Gasteiger partial charge in [-0.25, -0.2) is 0 Å². The number of ether oxygens (including phenoxy) is 1. The maximum Gasteiger partial charge on any atom is 0.247 e. The molecule has 1 N–H and O–H groups in total. The molecule has 86 valence electrons. The van der Waals surface area contributed by atoms with Crippen LogP contribution in [0.15, 0.2) is 12.2 Å². The summed E-state index contributed by atoms with van der Waals surface area (Å²) in [5, 5.41) is 2.91. The van der Waals surface area contributed by atoms with Crippen LogP contribution in [0.4, 0.5) is 0 Å². The molecule has 1 heterocycles. The molecular formula is C11H20N2O2. The Morgan fingerprint density at radius 3 is 2.87 bits per heavy atom. The number of nitrogens with zero attached hydrogens (tertiary/aromatic N) is 1. The van der Waals surface area contributed by atoms with Crippen LogP contribution in [0.25, 0.3) is 0 Å². The molecule has 0 spiro atoms. The van der Waals surface area contributed by atoms with Gasteiger partial charge in [-0.05, 0) is 20.8 Å². The fraction of sp³-hybridized carbons (Fsp3) is 0.727. The summed E-state index contributed by atoms with van der Waals surface area (Å²) in [5.41, 5.74) is 0.544. The van der Waals surface area contributed by atoms with Crippen LogP contribution < -0.4 is 5.32 Å². The predicted molar refractivity (Wildman–Crippen MR) is 59.4 cm³/mol. The zero-order valence-electron chi connectivity index (χ0n) is 9.75. The summed E-state index contributed by atoms with van der Waals surface area (Å²) >= 11 is 0. The minimum atomic E-state index is -0.0822. The Morgan fingerprint density at radius 2 is 2.33 bits per heavy atom. The first-order valence-corrected chi connectivity index (χ1v) is 5.32. The predicted octanol–water partition coefficient (Wildman–Crippen LogP) is 0.745. The fourth-order valence-electron chi connectivity index (χ4n) is 1.71. The van der Waals surface area contributed by atoms with Crippen LogP contribution in [0.5, 0.6) is 0 Å². The second kappa shape index (κ2) is 5.28. The van der Waals surface area contributed by atoms with Crippen molar-refractivity contribution >= 4 is 5.91 Å². The van der Waals surface area contributed by atoms with Gasteiger partial charge >= 0.3 is 0 Å². The third-order valence-electron chi connectivity index (χ3n) is 2.64. The van der Waals surface area contributed by atoms with Gasteiger partial charge in [-0.1, -0.05) is 6.58 Å². The van der Waals surface area contributed by atoms with E-state index in [1.54, 1.807) is 6.92 Å². The van der Waals surface area contributed by atoms with E-state index in [0.29, 0.717) is 11.6 Å². The highest BCUT2D eigenvalue weighted by Gasteiger charge is 2.24. The van der Waals surface area contributed by atoms with Crippen molar-refractivity contribution in [3.8, 4) is 0 Å². The highest BCUT2D eigenvalue weighted by atomic mass is 16.5. The average molecular weight is 212 g/mol. The lowest BCUT2D eigenvalue weighted by molar-refractivity contribution is -0.120. The lowest BCUT2D eigenvalue weighted by Crippen LogP contribution is -2.54. The number of morpholine rings is 1. The van der Waals surface area contributed by atoms with Crippen molar-refractivity contribution in [2.45, 2.75) is 33.0 Å². The second-order valence-electron chi connectivity index (χ2n) is 4.09. The minimum Gasteiger partial charge on any atom is -0.379 e. The molecule has 1 fully saturated rings. The quantitative estimate of drug-likeness (QED) is 0.702. The molecular weight excluding hydrogens is 192 g/mol. The Labute approximate surface area is 91.3 Å². The Kier molecular flexibility index (Phi) is 4.29. The fourth-order valence-corrected chi connectivity index (χ4v) is 1.71. The lowest BCUT2D eigenvalue weighted by Gasteiger charge is -2.37. The van der Waals surface area contributed by atoms with Gasteiger partial charge in [0.2, 0.25) is 5.91 Å². The molecule has 1 aliphatic rings. The van der Waals surface area contributed by atoms with Crippen LogP contribution in [0.3, 0.4) is 0 Å². The molecule has 0 bridgehead atoms. The average Bonchev–Trinajstić information content (AvgIpc) is 2.18. The summed E-state index contributed by atoms with van der Waals surface area (Å²) < 4.78 is 5.34. The summed E-state index contributed by atoms with van der Waals surface area (Å²) in [6, 6.07) is 0.346. The van der Waals surface area contributed by atoms with Gasteiger partial charge in [-0.3, -0.25) is 9.69 Å². The van der Waals surface area contributed by atoms with Gasteiger partial charge in [0.05, 0.1) is 19.4 Å². The monoisotopic (exact) mass is 212 g/mol. The van der Waals surface area contributed by atoms with E-state index >= 15 is 0 Å². The SMILES string of the molecule is C=C(C)C(=O)NC(C)N1CCOCC1C. The molecule has 15 heavy (non-hydrogen) atoms. The second-order valence-corrected chi connectivity index (χ2v) is 4.09. The van der Waals surface area contributed by atoms with Gasteiger partial charge in [0, 0.05) is 18.2 Å². The van der Waals surface area contributed by atoms with E-state index in [1.807, 2.05) is 6.92 Å². The van der Waals surface area contributed by atoms with Gasteiger partial charge in [0.15, 0.2) is 0 Å². The zero-order valence-corrected chi connectivity index (χ0v) is 9.75. The van der Waals surface area contributed by atoms with E-state index in [1.165, 1.54) is 0 Å². The molecule has 1 aliphatic heterocycles. The summed E-state index contributed by atoms with van der Waals surface area (Å²) in [4.78, 5) is 13.7. The van der Waals surface area contributed by atoms with Gasteiger partial charge in [-0.15, -0.1) is 0 Å². The molecule has 1 rings (SSSR count). The van der Waals surface area contributed by atoms with Crippen LogP contribution in [-0.2, 0) is 9.53 Å². The summed E-state index contributed by atoms with van der Waals surface area (Å²) in [7, 11) is 0. The molecule has 0 saturated carbocycles. The maximum absolute atomic E-state index is 11.4. The number of rotatable bonds is 3. The minimum absolute atomic E-state index is 0.0353. The van der Waals surface area contributed by atoms with E-state index in [2.05, 4.69) is 23.7 Å². The van der Waals surface area contributed by atoms with Crippen molar-refractivity contribution in [2.75, 3.05) is 19.8 Å². The number of amides is 1. The van der Waals surface area contributed by atoms with Crippen molar-refractivity contribution in [3.05, 3.63) is 12.2 Å².